The largest absolute Gasteiger partial charge is 0.393 e. The molecular weight excluding hydrogens is 260 g/mol. The maximum Gasteiger partial charge on any atom is 0.292 e. The van der Waals surface area contributed by atoms with Crippen molar-refractivity contribution in [1.82, 2.24) is 0 Å². The molecule has 0 spiro atoms. The zero-order chi connectivity index (χ0) is 14.7. The van der Waals surface area contributed by atoms with E-state index in [1.165, 1.54) is 6.07 Å². The Labute approximate surface area is 117 Å². The quantitative estimate of drug-likeness (QED) is 0.634. The molecule has 6 nitrogen and oxygen atoms in total. The van der Waals surface area contributed by atoms with Gasteiger partial charge in [0.15, 0.2) is 0 Å². The summed E-state index contributed by atoms with van der Waals surface area (Å²) in [5.41, 5.74) is 1.26. The third-order valence-electron chi connectivity index (χ3n) is 3.72. The van der Waals surface area contributed by atoms with Crippen LogP contribution in [0.4, 0.5) is 11.4 Å². The van der Waals surface area contributed by atoms with E-state index in [-0.39, 0.29) is 18.3 Å². The molecule has 0 aliphatic carbocycles. The first-order chi connectivity index (χ1) is 9.52. The summed E-state index contributed by atoms with van der Waals surface area (Å²) in [6, 6.07) is 4.81. The van der Waals surface area contributed by atoms with Gasteiger partial charge in [-0.1, -0.05) is 0 Å². The molecule has 0 amide bonds. The summed E-state index contributed by atoms with van der Waals surface area (Å²) >= 11 is 0. The average molecular weight is 280 g/mol. The van der Waals surface area contributed by atoms with Gasteiger partial charge in [0, 0.05) is 18.7 Å². The number of hydrogen-bond acceptors (Lipinski definition) is 5. The van der Waals surface area contributed by atoms with Crippen molar-refractivity contribution in [3.63, 3.8) is 0 Å². The molecule has 0 radical (unpaired) electrons. The first kappa shape index (κ1) is 14.7. The fraction of sp³-hybridized carbons (Fsp3) is 0.571. The molecule has 1 fully saturated rings. The zero-order valence-electron chi connectivity index (χ0n) is 11.5. The Balaban J connectivity index is 2.36. The number of hydrogen-bond donors (Lipinski definition) is 2. The van der Waals surface area contributed by atoms with Crippen LogP contribution in [-0.4, -0.2) is 33.8 Å². The van der Waals surface area contributed by atoms with E-state index in [0.717, 1.165) is 19.4 Å². The highest BCUT2D eigenvalue weighted by molar-refractivity contribution is 5.65. The van der Waals surface area contributed by atoms with Crippen molar-refractivity contribution in [3.8, 4) is 0 Å². The lowest BCUT2D eigenvalue weighted by Gasteiger charge is -2.27. The summed E-state index contributed by atoms with van der Waals surface area (Å²) in [5.74, 6) is 0. The number of anilines is 1. The summed E-state index contributed by atoms with van der Waals surface area (Å²) in [5, 5.41) is 29.9. The van der Waals surface area contributed by atoms with Crippen molar-refractivity contribution in [2.45, 2.75) is 44.9 Å². The molecule has 1 aromatic rings. The molecule has 0 bridgehead atoms. The van der Waals surface area contributed by atoms with Crippen molar-refractivity contribution in [3.05, 3.63) is 33.9 Å². The van der Waals surface area contributed by atoms with Gasteiger partial charge in [0.05, 0.1) is 17.6 Å². The Morgan fingerprint density at radius 2 is 2.30 bits per heavy atom. The SMILES string of the molecule is CC(O)CC1CCCN1c1cc(CO)ccc1[N+](=O)[O-]. The second-order valence-electron chi connectivity index (χ2n) is 5.31. The zero-order valence-corrected chi connectivity index (χ0v) is 11.5. The van der Waals surface area contributed by atoms with E-state index in [1.54, 1.807) is 19.1 Å². The molecule has 110 valence electrons. The lowest BCUT2D eigenvalue weighted by atomic mass is 10.1. The molecule has 1 heterocycles. The topological polar surface area (TPSA) is 86.8 Å². The number of rotatable bonds is 5. The summed E-state index contributed by atoms with van der Waals surface area (Å²) in [7, 11) is 0. The van der Waals surface area contributed by atoms with E-state index < -0.39 is 11.0 Å². The average Bonchev–Trinajstić information content (AvgIpc) is 2.85. The molecule has 2 unspecified atom stereocenters. The Kier molecular flexibility index (Phi) is 4.57. The fourth-order valence-electron chi connectivity index (χ4n) is 2.84. The predicted octanol–water partition coefficient (Wildman–Crippen LogP) is 1.83. The summed E-state index contributed by atoms with van der Waals surface area (Å²) in [6.07, 6.45) is 2.05. The lowest BCUT2D eigenvalue weighted by molar-refractivity contribution is -0.384. The van der Waals surface area contributed by atoms with Crippen molar-refractivity contribution in [2.75, 3.05) is 11.4 Å². The van der Waals surface area contributed by atoms with E-state index in [1.807, 2.05) is 4.90 Å². The van der Waals surface area contributed by atoms with Crippen LogP contribution in [0.5, 0.6) is 0 Å². The normalized spacial score (nSPS) is 20.1. The van der Waals surface area contributed by atoms with Crippen LogP contribution in [0.15, 0.2) is 18.2 Å². The molecule has 2 atom stereocenters. The maximum atomic E-state index is 11.2. The molecule has 1 aliphatic rings. The van der Waals surface area contributed by atoms with Crippen LogP contribution >= 0.6 is 0 Å². The Morgan fingerprint density at radius 3 is 2.90 bits per heavy atom. The molecule has 6 heteroatoms. The molecule has 0 saturated carbocycles. The van der Waals surface area contributed by atoms with Crippen LogP contribution in [-0.2, 0) is 6.61 Å². The van der Waals surface area contributed by atoms with E-state index in [9.17, 15) is 20.3 Å². The van der Waals surface area contributed by atoms with Crippen molar-refractivity contribution < 1.29 is 15.1 Å². The number of nitro benzene ring substituents is 1. The van der Waals surface area contributed by atoms with Crippen LogP contribution in [0, 0.1) is 10.1 Å². The van der Waals surface area contributed by atoms with Gasteiger partial charge in [-0.2, -0.15) is 0 Å². The molecule has 1 aliphatic heterocycles. The van der Waals surface area contributed by atoms with Gasteiger partial charge in [0.2, 0.25) is 0 Å². The minimum Gasteiger partial charge on any atom is -0.393 e. The van der Waals surface area contributed by atoms with Crippen LogP contribution < -0.4 is 4.90 Å². The number of nitrogens with zero attached hydrogens (tertiary/aromatic N) is 2. The van der Waals surface area contributed by atoms with E-state index >= 15 is 0 Å². The smallest absolute Gasteiger partial charge is 0.292 e. The van der Waals surface area contributed by atoms with Gasteiger partial charge in [0.25, 0.3) is 5.69 Å². The second kappa shape index (κ2) is 6.19. The van der Waals surface area contributed by atoms with Crippen molar-refractivity contribution in [2.24, 2.45) is 0 Å². The standard InChI is InChI=1S/C14H20N2O4/c1-10(18)7-12-3-2-6-15(12)14-8-11(9-17)4-5-13(14)16(19)20/h4-5,8,10,12,17-18H,2-3,6-7,9H2,1H3. The third kappa shape index (κ3) is 3.08. The molecule has 2 rings (SSSR count). The minimum absolute atomic E-state index is 0.0553. The van der Waals surface area contributed by atoms with E-state index in [4.69, 9.17) is 0 Å². The van der Waals surface area contributed by atoms with Gasteiger partial charge in [-0.3, -0.25) is 10.1 Å². The number of aliphatic hydroxyl groups excluding tert-OH is 2. The monoisotopic (exact) mass is 280 g/mol. The lowest BCUT2D eigenvalue weighted by Crippen LogP contribution is -2.32. The Bertz CT molecular complexity index is 490. The molecule has 20 heavy (non-hydrogen) atoms. The van der Waals surface area contributed by atoms with Crippen molar-refractivity contribution >= 4 is 11.4 Å². The van der Waals surface area contributed by atoms with Gasteiger partial charge in [-0.05, 0) is 43.9 Å². The summed E-state index contributed by atoms with van der Waals surface area (Å²) in [6.45, 7) is 2.34. The van der Waals surface area contributed by atoms with Gasteiger partial charge in [-0.15, -0.1) is 0 Å². The molecular formula is C14H20N2O4. The van der Waals surface area contributed by atoms with Gasteiger partial charge < -0.3 is 15.1 Å². The van der Waals surface area contributed by atoms with Crippen LogP contribution in [0.3, 0.4) is 0 Å². The maximum absolute atomic E-state index is 11.2. The van der Waals surface area contributed by atoms with Gasteiger partial charge >= 0.3 is 0 Å². The summed E-state index contributed by atoms with van der Waals surface area (Å²) < 4.78 is 0. The minimum atomic E-state index is -0.430. The predicted molar refractivity (Wildman–Crippen MR) is 75.7 cm³/mol. The Hall–Kier alpha value is -1.66. The number of benzene rings is 1. The van der Waals surface area contributed by atoms with Crippen molar-refractivity contribution in [1.29, 1.82) is 0 Å². The van der Waals surface area contributed by atoms with Crippen LogP contribution in [0.1, 0.15) is 31.7 Å². The first-order valence-electron chi connectivity index (χ1n) is 6.85. The van der Waals surface area contributed by atoms with E-state index in [2.05, 4.69) is 0 Å². The second-order valence-corrected chi connectivity index (χ2v) is 5.31. The Morgan fingerprint density at radius 1 is 1.55 bits per heavy atom. The molecule has 0 aromatic heterocycles. The van der Waals surface area contributed by atoms with Crippen LogP contribution in [0.25, 0.3) is 0 Å². The third-order valence-corrected chi connectivity index (χ3v) is 3.72. The van der Waals surface area contributed by atoms with E-state index in [0.29, 0.717) is 17.7 Å². The highest BCUT2D eigenvalue weighted by atomic mass is 16.6. The molecule has 2 N–H and O–H groups in total. The highest BCUT2D eigenvalue weighted by Crippen LogP contribution is 2.35. The van der Waals surface area contributed by atoms with Gasteiger partial charge in [-0.25, -0.2) is 0 Å². The fourth-order valence-corrected chi connectivity index (χ4v) is 2.84. The molecule has 1 saturated heterocycles. The number of nitro groups is 1. The van der Waals surface area contributed by atoms with Gasteiger partial charge in [0.1, 0.15) is 5.69 Å². The number of aliphatic hydroxyl groups is 2. The molecule has 1 aromatic carbocycles. The summed E-state index contributed by atoms with van der Waals surface area (Å²) in [4.78, 5) is 12.8. The first-order valence-corrected chi connectivity index (χ1v) is 6.85. The highest BCUT2D eigenvalue weighted by Gasteiger charge is 2.30. The van der Waals surface area contributed by atoms with Crippen LogP contribution in [0.2, 0.25) is 0 Å².